The molecule has 0 saturated heterocycles. The second-order valence-electron chi connectivity index (χ2n) is 6.19. The summed E-state index contributed by atoms with van der Waals surface area (Å²) in [6.45, 7) is 0.607. The minimum atomic E-state index is -3.87. The third-order valence-electron chi connectivity index (χ3n) is 3.91. The summed E-state index contributed by atoms with van der Waals surface area (Å²) >= 11 is 0. The van der Waals surface area contributed by atoms with E-state index in [1.165, 1.54) is 31.3 Å². The van der Waals surface area contributed by atoms with Gasteiger partial charge in [0.2, 0.25) is 10.0 Å². The van der Waals surface area contributed by atoms with Gasteiger partial charge in [0.05, 0.1) is 16.1 Å². The first-order valence-electron chi connectivity index (χ1n) is 8.48. The number of primary amides is 1. The van der Waals surface area contributed by atoms with Gasteiger partial charge in [0.15, 0.2) is 6.61 Å². The van der Waals surface area contributed by atoms with Crippen LogP contribution >= 0.6 is 0 Å². The molecule has 10 heteroatoms. The highest BCUT2D eigenvalue weighted by Crippen LogP contribution is 2.15. The molecular weight excluding hydrogens is 398 g/mol. The molecule has 0 atom stereocenters. The fraction of sp³-hybridized carbons (Fsp3) is 0.211. The molecule has 0 bridgehead atoms. The number of rotatable bonds is 8. The zero-order chi connectivity index (χ0) is 21.6. The molecule has 154 valence electrons. The molecule has 0 heterocycles. The molecular formula is C19H21N3O6S. The van der Waals surface area contributed by atoms with Crippen LogP contribution < -0.4 is 11.1 Å². The van der Waals surface area contributed by atoms with Gasteiger partial charge in [-0.25, -0.2) is 8.42 Å². The van der Waals surface area contributed by atoms with Crippen molar-refractivity contribution in [2.24, 2.45) is 5.73 Å². The number of hydrogen-bond acceptors (Lipinski definition) is 6. The largest absolute Gasteiger partial charge is 0.455 e. The Kier molecular flexibility index (Phi) is 7.08. The summed E-state index contributed by atoms with van der Waals surface area (Å²) in [6, 6.07) is 12.3. The summed E-state index contributed by atoms with van der Waals surface area (Å²) in [5.41, 5.74) is 6.41. The number of carbonyl (C=O) groups is 3. The van der Waals surface area contributed by atoms with Gasteiger partial charge in [0.25, 0.3) is 11.8 Å². The summed E-state index contributed by atoms with van der Waals surface area (Å²) in [5, 5.41) is 2.41. The van der Waals surface area contributed by atoms with Crippen LogP contribution in [-0.4, -0.2) is 50.7 Å². The summed E-state index contributed by atoms with van der Waals surface area (Å²) in [6.07, 6.45) is 0. The van der Waals surface area contributed by atoms with Crippen molar-refractivity contribution in [3.63, 3.8) is 0 Å². The first-order chi connectivity index (χ1) is 13.6. The molecule has 0 aliphatic rings. The number of carbonyl (C=O) groups excluding carboxylic acids is 3. The molecule has 0 spiro atoms. The Bertz CT molecular complexity index is 1020. The van der Waals surface area contributed by atoms with E-state index in [1.807, 2.05) is 6.92 Å². The smallest absolute Gasteiger partial charge is 0.321 e. The van der Waals surface area contributed by atoms with Crippen molar-refractivity contribution in [3.05, 3.63) is 59.7 Å². The van der Waals surface area contributed by atoms with Gasteiger partial charge in [-0.05, 0) is 31.2 Å². The van der Waals surface area contributed by atoms with E-state index in [0.29, 0.717) is 0 Å². The molecule has 0 aliphatic carbocycles. The quantitative estimate of drug-likeness (QED) is 0.610. The molecule has 0 aliphatic heterocycles. The molecule has 9 nitrogen and oxygen atoms in total. The Morgan fingerprint density at radius 3 is 2.31 bits per heavy atom. The number of hydrogen-bond donors (Lipinski definition) is 2. The van der Waals surface area contributed by atoms with Gasteiger partial charge in [-0.15, -0.1) is 0 Å². The standard InChI is InChI=1S/C19H21N3O6S/c1-13-7-9-14(10-8-13)29(26,27)22(2)11-18(24)28-12-17(23)21-16-6-4-3-5-15(16)19(20)25/h3-10H,11-12H2,1-2H3,(H2,20,25)(H,21,23). The Morgan fingerprint density at radius 2 is 1.69 bits per heavy atom. The van der Waals surface area contributed by atoms with E-state index in [9.17, 15) is 22.8 Å². The van der Waals surface area contributed by atoms with Gasteiger partial charge in [-0.3, -0.25) is 14.4 Å². The van der Waals surface area contributed by atoms with Crippen LogP contribution in [-0.2, 0) is 24.3 Å². The Balaban J connectivity index is 1.91. The molecule has 0 fully saturated rings. The lowest BCUT2D eigenvalue weighted by Crippen LogP contribution is -2.34. The average Bonchev–Trinajstić information content (AvgIpc) is 2.67. The number of nitrogens with zero attached hydrogens (tertiary/aromatic N) is 1. The highest BCUT2D eigenvalue weighted by atomic mass is 32.2. The number of sulfonamides is 1. The number of aryl methyl sites for hydroxylation is 1. The topological polar surface area (TPSA) is 136 Å². The lowest BCUT2D eigenvalue weighted by molar-refractivity contribution is -0.147. The van der Waals surface area contributed by atoms with Gasteiger partial charge in [-0.2, -0.15) is 4.31 Å². The third-order valence-corrected chi connectivity index (χ3v) is 5.73. The minimum absolute atomic E-state index is 0.0409. The zero-order valence-corrected chi connectivity index (χ0v) is 16.7. The maximum atomic E-state index is 12.5. The van der Waals surface area contributed by atoms with Gasteiger partial charge in [0, 0.05) is 7.05 Å². The molecule has 2 amide bonds. The van der Waals surface area contributed by atoms with Crippen LogP contribution in [0.25, 0.3) is 0 Å². The van der Waals surface area contributed by atoms with E-state index < -0.39 is 41.0 Å². The second kappa shape index (κ2) is 9.30. The first kappa shape index (κ1) is 22.1. The molecule has 2 aromatic rings. The normalized spacial score (nSPS) is 11.1. The zero-order valence-electron chi connectivity index (χ0n) is 15.9. The number of benzene rings is 2. The minimum Gasteiger partial charge on any atom is -0.455 e. The van der Waals surface area contributed by atoms with E-state index >= 15 is 0 Å². The van der Waals surface area contributed by atoms with E-state index in [0.717, 1.165) is 9.87 Å². The van der Waals surface area contributed by atoms with Crippen LogP contribution in [0.3, 0.4) is 0 Å². The van der Waals surface area contributed by atoms with E-state index in [-0.39, 0.29) is 16.1 Å². The predicted octanol–water partition coefficient (Wildman–Crippen LogP) is 0.896. The maximum absolute atomic E-state index is 12.5. The highest BCUT2D eigenvalue weighted by Gasteiger charge is 2.24. The van der Waals surface area contributed by atoms with Crippen LogP contribution in [0, 0.1) is 6.92 Å². The highest BCUT2D eigenvalue weighted by molar-refractivity contribution is 7.89. The number of likely N-dealkylation sites (N-methyl/N-ethyl adjacent to an activating group) is 1. The molecule has 0 radical (unpaired) electrons. The van der Waals surface area contributed by atoms with Crippen LogP contribution in [0.2, 0.25) is 0 Å². The lowest BCUT2D eigenvalue weighted by Gasteiger charge is -2.16. The molecule has 3 N–H and O–H groups in total. The van der Waals surface area contributed by atoms with Gasteiger partial charge >= 0.3 is 5.97 Å². The number of amides is 2. The number of nitrogens with one attached hydrogen (secondary N) is 1. The molecule has 29 heavy (non-hydrogen) atoms. The molecule has 0 aromatic heterocycles. The van der Waals surface area contributed by atoms with Crippen molar-refractivity contribution < 1.29 is 27.5 Å². The molecule has 2 rings (SSSR count). The molecule has 2 aromatic carbocycles. The Labute approximate surface area is 168 Å². The number of esters is 1. The SMILES string of the molecule is Cc1ccc(S(=O)(=O)N(C)CC(=O)OCC(=O)Nc2ccccc2C(N)=O)cc1. The van der Waals surface area contributed by atoms with Crippen molar-refractivity contribution >= 4 is 33.5 Å². The van der Waals surface area contributed by atoms with Crippen molar-refractivity contribution in [1.29, 1.82) is 0 Å². The fourth-order valence-corrected chi connectivity index (χ4v) is 3.46. The fourth-order valence-electron chi connectivity index (χ4n) is 2.34. The average molecular weight is 419 g/mol. The number of nitrogens with two attached hydrogens (primary N) is 1. The Morgan fingerprint density at radius 1 is 1.07 bits per heavy atom. The number of ether oxygens (including phenoxy) is 1. The first-order valence-corrected chi connectivity index (χ1v) is 9.92. The monoisotopic (exact) mass is 419 g/mol. The van der Waals surface area contributed by atoms with E-state index in [1.54, 1.807) is 24.3 Å². The van der Waals surface area contributed by atoms with Crippen molar-refractivity contribution in [2.45, 2.75) is 11.8 Å². The number of anilines is 1. The predicted molar refractivity (Wildman–Crippen MR) is 106 cm³/mol. The van der Waals surface area contributed by atoms with Gasteiger partial charge in [0.1, 0.15) is 6.54 Å². The van der Waals surface area contributed by atoms with E-state index in [4.69, 9.17) is 10.5 Å². The molecule has 0 saturated carbocycles. The third kappa shape index (κ3) is 5.87. The summed E-state index contributed by atoms with van der Waals surface area (Å²) in [5.74, 6) is -2.32. The van der Waals surface area contributed by atoms with Crippen LogP contribution in [0.15, 0.2) is 53.4 Å². The van der Waals surface area contributed by atoms with Crippen molar-refractivity contribution in [1.82, 2.24) is 4.31 Å². The lowest BCUT2D eigenvalue weighted by atomic mass is 10.1. The maximum Gasteiger partial charge on any atom is 0.321 e. The van der Waals surface area contributed by atoms with Gasteiger partial charge < -0.3 is 15.8 Å². The van der Waals surface area contributed by atoms with Crippen LogP contribution in [0.5, 0.6) is 0 Å². The van der Waals surface area contributed by atoms with Crippen molar-refractivity contribution in [2.75, 3.05) is 25.5 Å². The summed E-state index contributed by atoms with van der Waals surface area (Å²) in [7, 11) is -2.64. The van der Waals surface area contributed by atoms with Gasteiger partial charge in [-0.1, -0.05) is 29.8 Å². The van der Waals surface area contributed by atoms with Crippen LogP contribution in [0.1, 0.15) is 15.9 Å². The van der Waals surface area contributed by atoms with Crippen molar-refractivity contribution in [3.8, 4) is 0 Å². The van der Waals surface area contributed by atoms with E-state index in [2.05, 4.69) is 5.32 Å². The number of para-hydroxylation sites is 1. The molecule has 0 unspecified atom stereocenters. The summed E-state index contributed by atoms with van der Waals surface area (Å²) < 4.78 is 30.6. The second-order valence-corrected chi connectivity index (χ2v) is 8.24. The Hall–Kier alpha value is -3.24. The van der Waals surface area contributed by atoms with Crippen LogP contribution in [0.4, 0.5) is 5.69 Å². The summed E-state index contributed by atoms with van der Waals surface area (Å²) in [4.78, 5) is 35.3.